The minimum Gasteiger partial charge on any atom is -0.319 e. The lowest BCUT2D eigenvalue weighted by atomic mass is 9.76. The summed E-state index contributed by atoms with van der Waals surface area (Å²) in [5.74, 6) is -0.676. The molecule has 5 nitrogen and oxygen atoms in total. The molecule has 1 aliphatic heterocycles. The minimum atomic E-state index is -1.07. The second-order valence-electron chi connectivity index (χ2n) is 7.07. The largest absolute Gasteiger partial charge is 0.325 e. The number of aryl methyl sites for hydroxylation is 1. The summed E-state index contributed by atoms with van der Waals surface area (Å²) in [6, 6.07) is 12.8. The van der Waals surface area contributed by atoms with Crippen LogP contribution in [0.2, 0.25) is 5.02 Å². The fraction of sp³-hybridized carbons (Fsp3) is 0.286. The van der Waals surface area contributed by atoms with Crippen LogP contribution in [0.1, 0.15) is 41.3 Å². The van der Waals surface area contributed by atoms with E-state index in [2.05, 4.69) is 5.32 Å². The van der Waals surface area contributed by atoms with E-state index in [0.29, 0.717) is 17.0 Å². The minimum absolute atomic E-state index is 0.317. The third-order valence-corrected chi connectivity index (χ3v) is 5.71. The molecule has 2 unspecified atom stereocenters. The molecule has 1 fully saturated rings. The van der Waals surface area contributed by atoms with Gasteiger partial charge in [-0.05, 0) is 49.4 Å². The molecule has 2 atom stereocenters. The van der Waals surface area contributed by atoms with Gasteiger partial charge >= 0.3 is 6.03 Å². The summed E-state index contributed by atoms with van der Waals surface area (Å²) in [6.07, 6.45) is 2.20. The predicted molar refractivity (Wildman–Crippen MR) is 102 cm³/mol. The van der Waals surface area contributed by atoms with Gasteiger partial charge in [-0.15, -0.1) is 0 Å². The molecule has 0 saturated carbocycles. The molecule has 0 aromatic heterocycles. The van der Waals surface area contributed by atoms with Crippen molar-refractivity contribution in [2.75, 3.05) is 0 Å². The van der Waals surface area contributed by atoms with Gasteiger partial charge in [0, 0.05) is 10.6 Å². The molecule has 6 heteroatoms. The number of rotatable bonds is 3. The highest BCUT2D eigenvalue weighted by molar-refractivity contribution is 6.31. The Bertz CT molecular complexity index is 958. The van der Waals surface area contributed by atoms with Crippen molar-refractivity contribution in [1.82, 2.24) is 10.2 Å². The summed E-state index contributed by atoms with van der Waals surface area (Å²) < 4.78 is 0. The zero-order valence-corrected chi connectivity index (χ0v) is 15.6. The Morgan fingerprint density at radius 3 is 2.74 bits per heavy atom. The summed E-state index contributed by atoms with van der Waals surface area (Å²) in [5.41, 5.74) is 1.20. The van der Waals surface area contributed by atoms with Crippen LogP contribution < -0.4 is 5.32 Å². The summed E-state index contributed by atoms with van der Waals surface area (Å²) in [4.78, 5) is 40.0. The third kappa shape index (κ3) is 2.73. The van der Waals surface area contributed by atoms with Gasteiger partial charge in [-0.25, -0.2) is 4.79 Å². The Morgan fingerprint density at radius 1 is 1.19 bits per heavy atom. The molecule has 4 rings (SSSR count). The fourth-order valence-electron chi connectivity index (χ4n) is 4.13. The number of carbonyl (C=O) groups is 3. The van der Waals surface area contributed by atoms with Crippen LogP contribution >= 0.6 is 11.6 Å². The maximum atomic E-state index is 13.4. The van der Waals surface area contributed by atoms with Crippen molar-refractivity contribution >= 4 is 29.3 Å². The number of carbonyl (C=O) groups excluding carboxylic acids is 3. The highest BCUT2D eigenvalue weighted by atomic mass is 35.5. The van der Waals surface area contributed by atoms with Gasteiger partial charge in [0.2, 0.25) is 0 Å². The Hall–Kier alpha value is -2.66. The maximum Gasteiger partial charge on any atom is 0.325 e. The molecule has 1 aliphatic carbocycles. The number of fused-ring (bicyclic) bond motifs is 2. The number of Topliss-reactive ketones (excluding diaryl/α,β-unsaturated/α-hetero) is 1. The normalized spacial score (nSPS) is 22.5. The number of hydrogen-bond donors (Lipinski definition) is 1. The molecule has 1 saturated heterocycles. The number of halogens is 1. The molecule has 2 aliphatic rings. The van der Waals surface area contributed by atoms with Crippen molar-refractivity contribution < 1.29 is 14.4 Å². The molecule has 0 radical (unpaired) electrons. The monoisotopic (exact) mass is 382 g/mol. The average Bonchev–Trinajstić information content (AvgIpc) is 2.91. The van der Waals surface area contributed by atoms with Gasteiger partial charge in [0.15, 0.2) is 5.78 Å². The van der Waals surface area contributed by atoms with E-state index in [-0.39, 0.29) is 11.7 Å². The molecular formula is C21H19ClN2O3. The lowest BCUT2D eigenvalue weighted by molar-refractivity contribution is -0.133. The number of ketones is 1. The van der Waals surface area contributed by atoms with Crippen LogP contribution in [0.25, 0.3) is 0 Å². The van der Waals surface area contributed by atoms with Crippen LogP contribution in [0.5, 0.6) is 0 Å². The number of nitrogens with zero attached hydrogens (tertiary/aromatic N) is 1. The SMILES string of the molecule is CC(C(=O)c1cccc(Cl)c1)N1C(=O)NC2(CCCc3ccccc32)C1=O. The van der Waals surface area contributed by atoms with Crippen LogP contribution in [0, 0.1) is 0 Å². The molecule has 1 N–H and O–H groups in total. The first-order valence-corrected chi connectivity index (χ1v) is 9.36. The summed E-state index contributed by atoms with van der Waals surface area (Å²) in [7, 11) is 0. The zero-order valence-electron chi connectivity index (χ0n) is 14.9. The number of hydrogen-bond acceptors (Lipinski definition) is 3. The Balaban J connectivity index is 1.69. The molecule has 2 aromatic rings. The van der Waals surface area contributed by atoms with Crippen molar-refractivity contribution in [3.05, 3.63) is 70.2 Å². The van der Waals surface area contributed by atoms with Gasteiger partial charge in [0.25, 0.3) is 5.91 Å². The van der Waals surface area contributed by atoms with Crippen molar-refractivity contribution in [1.29, 1.82) is 0 Å². The van der Waals surface area contributed by atoms with Crippen molar-refractivity contribution in [2.45, 2.75) is 37.8 Å². The molecule has 138 valence electrons. The van der Waals surface area contributed by atoms with E-state index >= 15 is 0 Å². The second kappa shape index (κ2) is 6.50. The first kappa shape index (κ1) is 17.7. The van der Waals surface area contributed by atoms with Gasteiger partial charge in [-0.2, -0.15) is 0 Å². The van der Waals surface area contributed by atoms with Crippen LogP contribution in [-0.2, 0) is 16.8 Å². The van der Waals surface area contributed by atoms with Crippen LogP contribution in [0.3, 0.4) is 0 Å². The summed E-state index contributed by atoms with van der Waals surface area (Å²) in [6.45, 7) is 1.58. The first-order chi connectivity index (χ1) is 12.9. The molecule has 1 spiro atoms. The lowest BCUT2D eigenvalue weighted by Crippen LogP contribution is -2.48. The smallest absolute Gasteiger partial charge is 0.319 e. The zero-order chi connectivity index (χ0) is 19.2. The topological polar surface area (TPSA) is 66.5 Å². The van der Waals surface area contributed by atoms with E-state index in [1.54, 1.807) is 31.2 Å². The number of imide groups is 1. The Morgan fingerprint density at radius 2 is 1.96 bits per heavy atom. The van der Waals surface area contributed by atoms with Gasteiger partial charge < -0.3 is 5.32 Å². The van der Waals surface area contributed by atoms with Gasteiger partial charge in [0.1, 0.15) is 11.6 Å². The van der Waals surface area contributed by atoms with Crippen LogP contribution in [0.4, 0.5) is 4.79 Å². The van der Waals surface area contributed by atoms with E-state index in [4.69, 9.17) is 11.6 Å². The molecule has 2 aromatic carbocycles. The Kier molecular flexibility index (Phi) is 4.27. The first-order valence-electron chi connectivity index (χ1n) is 8.98. The third-order valence-electron chi connectivity index (χ3n) is 5.47. The second-order valence-corrected chi connectivity index (χ2v) is 7.51. The van der Waals surface area contributed by atoms with E-state index in [0.717, 1.165) is 28.9 Å². The molecule has 3 amide bonds. The van der Waals surface area contributed by atoms with E-state index < -0.39 is 17.6 Å². The molecule has 0 bridgehead atoms. The fourth-order valence-corrected chi connectivity index (χ4v) is 4.32. The van der Waals surface area contributed by atoms with Crippen molar-refractivity contribution in [3.8, 4) is 0 Å². The Labute approximate surface area is 162 Å². The van der Waals surface area contributed by atoms with Crippen molar-refractivity contribution in [2.24, 2.45) is 0 Å². The predicted octanol–water partition coefficient (Wildman–Crippen LogP) is 3.69. The summed E-state index contributed by atoms with van der Waals surface area (Å²) >= 11 is 5.97. The van der Waals surface area contributed by atoms with Gasteiger partial charge in [-0.1, -0.05) is 48.0 Å². The quantitative estimate of drug-likeness (QED) is 0.650. The maximum absolute atomic E-state index is 13.4. The number of nitrogens with one attached hydrogen (secondary N) is 1. The van der Waals surface area contributed by atoms with Gasteiger partial charge in [-0.3, -0.25) is 14.5 Å². The lowest BCUT2D eigenvalue weighted by Gasteiger charge is -2.33. The highest BCUT2D eigenvalue weighted by Gasteiger charge is 2.55. The molecule has 27 heavy (non-hydrogen) atoms. The van der Waals surface area contributed by atoms with E-state index in [9.17, 15) is 14.4 Å². The molecule has 1 heterocycles. The van der Waals surface area contributed by atoms with Gasteiger partial charge in [0.05, 0.1) is 0 Å². The molecular weight excluding hydrogens is 364 g/mol. The van der Waals surface area contributed by atoms with Crippen LogP contribution in [0.15, 0.2) is 48.5 Å². The van der Waals surface area contributed by atoms with E-state index in [1.165, 1.54) is 0 Å². The highest BCUT2D eigenvalue weighted by Crippen LogP contribution is 2.40. The average molecular weight is 383 g/mol. The van der Waals surface area contributed by atoms with Crippen LogP contribution in [-0.4, -0.2) is 28.7 Å². The number of urea groups is 1. The van der Waals surface area contributed by atoms with Crippen molar-refractivity contribution in [3.63, 3.8) is 0 Å². The number of amides is 3. The summed E-state index contributed by atoms with van der Waals surface area (Å²) in [5, 5.41) is 3.32. The van der Waals surface area contributed by atoms with E-state index in [1.807, 2.05) is 24.3 Å². The number of benzene rings is 2. The standard InChI is InChI=1S/C21H19ClN2O3/c1-13(18(25)15-7-4-9-16(22)12-15)24-19(26)21(23-20(24)27)11-5-8-14-6-2-3-10-17(14)21/h2-4,6-7,9-10,12-13H,5,8,11H2,1H3,(H,23,27).